The maximum Gasteiger partial charge on any atom is 0.249 e. The minimum absolute atomic E-state index is 0.0872. The zero-order valence-corrected chi connectivity index (χ0v) is 14.5. The molecule has 1 aliphatic rings. The van der Waals surface area contributed by atoms with Crippen LogP contribution in [0.1, 0.15) is 27.9 Å². The molecule has 1 aromatic heterocycles. The number of H-pyrrole nitrogens is 1. The number of aromatic nitrogens is 1. The number of nitrogens with two attached hydrogens (primary N) is 1. The van der Waals surface area contributed by atoms with Gasteiger partial charge in [0.2, 0.25) is 5.91 Å². The number of fused-ring (bicyclic) bond motifs is 2. The van der Waals surface area contributed by atoms with Crippen LogP contribution in [0.5, 0.6) is 5.75 Å². The minimum atomic E-state index is -0.590. The number of carbonyl (C=O) groups excluding carboxylic acids is 1. The van der Waals surface area contributed by atoms with Crippen molar-refractivity contribution in [3.8, 4) is 5.75 Å². The highest BCUT2D eigenvalue weighted by Crippen LogP contribution is 2.32. The molecule has 4 N–H and O–H groups in total. The van der Waals surface area contributed by atoms with Crippen molar-refractivity contribution in [1.82, 2.24) is 10.3 Å². The first-order valence-corrected chi connectivity index (χ1v) is 8.79. The van der Waals surface area contributed by atoms with E-state index in [1.807, 2.05) is 6.20 Å². The second-order valence-electron chi connectivity index (χ2n) is 6.62. The molecule has 0 fully saturated rings. The molecule has 1 aliphatic heterocycles. The highest BCUT2D eigenvalue weighted by molar-refractivity contribution is 5.95. The lowest BCUT2D eigenvalue weighted by Gasteiger charge is -2.28. The van der Waals surface area contributed by atoms with Crippen LogP contribution in [0.4, 0.5) is 8.78 Å². The maximum atomic E-state index is 14.1. The zero-order chi connectivity index (χ0) is 19.0. The molecule has 2 heterocycles. The van der Waals surface area contributed by atoms with E-state index in [9.17, 15) is 13.6 Å². The number of carbonyl (C=O) groups is 1. The third-order valence-electron chi connectivity index (χ3n) is 4.89. The van der Waals surface area contributed by atoms with Gasteiger partial charge in [-0.3, -0.25) is 10.1 Å². The Kier molecular flexibility index (Phi) is 4.53. The van der Waals surface area contributed by atoms with Gasteiger partial charge in [-0.05, 0) is 48.7 Å². The van der Waals surface area contributed by atoms with Gasteiger partial charge in [0.05, 0.1) is 0 Å². The van der Waals surface area contributed by atoms with E-state index in [1.165, 1.54) is 24.3 Å². The molecule has 4 rings (SSSR count). The molecule has 0 spiro atoms. The Hall–Kier alpha value is -2.93. The van der Waals surface area contributed by atoms with E-state index in [-0.39, 0.29) is 17.8 Å². The van der Waals surface area contributed by atoms with Gasteiger partial charge < -0.3 is 15.5 Å². The molecule has 5 nitrogen and oxygen atoms in total. The lowest BCUT2D eigenvalue weighted by molar-refractivity contribution is 0.0991. The summed E-state index contributed by atoms with van der Waals surface area (Å²) in [5, 5.41) is 4.09. The van der Waals surface area contributed by atoms with Crippen molar-refractivity contribution in [2.45, 2.75) is 25.5 Å². The molecule has 2 aromatic carbocycles. The molecule has 7 heteroatoms. The smallest absolute Gasteiger partial charge is 0.249 e. The van der Waals surface area contributed by atoms with E-state index in [2.05, 4.69) is 10.3 Å². The summed E-state index contributed by atoms with van der Waals surface area (Å²) < 4.78 is 33.3. The van der Waals surface area contributed by atoms with Crippen molar-refractivity contribution in [3.63, 3.8) is 0 Å². The summed E-state index contributed by atoms with van der Waals surface area (Å²) in [4.78, 5) is 14.6. The molecule has 3 aromatic rings. The summed E-state index contributed by atoms with van der Waals surface area (Å²) in [6.45, 7) is 0.584. The number of aromatic amines is 1. The summed E-state index contributed by atoms with van der Waals surface area (Å²) in [6, 6.07) is 7.23. The maximum absolute atomic E-state index is 14.1. The number of primary amides is 1. The number of ether oxygens (including phenoxy) is 1. The number of benzene rings is 2. The van der Waals surface area contributed by atoms with Gasteiger partial charge in [0.25, 0.3) is 0 Å². The van der Waals surface area contributed by atoms with Crippen molar-refractivity contribution in [3.05, 3.63) is 64.9 Å². The Morgan fingerprint density at radius 3 is 2.96 bits per heavy atom. The second kappa shape index (κ2) is 7.00. The minimum Gasteiger partial charge on any atom is -0.472 e. The molecule has 0 saturated heterocycles. The van der Waals surface area contributed by atoms with Gasteiger partial charge in [0.15, 0.2) is 17.8 Å². The highest BCUT2D eigenvalue weighted by atomic mass is 19.1. The number of amides is 1. The molecule has 0 aliphatic carbocycles. The number of hydrogen-bond donors (Lipinski definition) is 3. The normalized spacial score (nSPS) is 16.1. The fourth-order valence-corrected chi connectivity index (χ4v) is 3.55. The quantitative estimate of drug-likeness (QED) is 0.645. The van der Waals surface area contributed by atoms with Gasteiger partial charge in [-0.15, -0.1) is 0 Å². The van der Waals surface area contributed by atoms with Crippen LogP contribution < -0.4 is 15.8 Å². The Morgan fingerprint density at radius 2 is 2.15 bits per heavy atom. The van der Waals surface area contributed by atoms with E-state index in [4.69, 9.17) is 10.5 Å². The van der Waals surface area contributed by atoms with Gasteiger partial charge >= 0.3 is 0 Å². The summed E-state index contributed by atoms with van der Waals surface area (Å²) in [5.74, 6) is -1.28. The van der Waals surface area contributed by atoms with E-state index in [1.54, 1.807) is 6.07 Å². The van der Waals surface area contributed by atoms with Crippen LogP contribution >= 0.6 is 0 Å². The monoisotopic (exact) mass is 371 g/mol. The van der Waals surface area contributed by atoms with Gasteiger partial charge in [-0.25, -0.2) is 8.78 Å². The summed E-state index contributed by atoms with van der Waals surface area (Å²) in [7, 11) is 0. The van der Waals surface area contributed by atoms with E-state index in [0.29, 0.717) is 36.9 Å². The Labute approximate surface area is 154 Å². The standard InChI is InChI=1S/C20H19F2N3O2/c21-12-1-5-17-15(9-12)11(10-25-17)7-8-24-18-6-3-13-14(20(23)26)2-4-16(22)19(13)27-18/h1-2,4-5,9-10,18,24-25H,3,6-8H2,(H2,23,26). The van der Waals surface area contributed by atoms with E-state index >= 15 is 0 Å². The zero-order valence-electron chi connectivity index (χ0n) is 14.5. The predicted molar refractivity (Wildman–Crippen MR) is 97.6 cm³/mol. The van der Waals surface area contributed by atoms with Crippen molar-refractivity contribution in [2.75, 3.05) is 6.54 Å². The molecular weight excluding hydrogens is 352 g/mol. The van der Waals surface area contributed by atoms with Gasteiger partial charge in [-0.2, -0.15) is 0 Å². The lowest BCUT2D eigenvalue weighted by Crippen LogP contribution is -2.39. The Balaban J connectivity index is 1.42. The molecule has 0 saturated carbocycles. The number of rotatable bonds is 5. The largest absolute Gasteiger partial charge is 0.472 e. The third kappa shape index (κ3) is 3.38. The highest BCUT2D eigenvalue weighted by Gasteiger charge is 2.26. The van der Waals surface area contributed by atoms with Crippen molar-refractivity contribution < 1.29 is 18.3 Å². The Morgan fingerprint density at radius 1 is 1.30 bits per heavy atom. The van der Waals surface area contributed by atoms with Gasteiger partial charge in [0, 0.05) is 41.2 Å². The molecule has 1 unspecified atom stereocenters. The lowest BCUT2D eigenvalue weighted by atomic mass is 9.98. The van der Waals surface area contributed by atoms with Gasteiger partial charge in [-0.1, -0.05) is 0 Å². The SMILES string of the molecule is NC(=O)c1ccc(F)c2c1CCC(NCCc1c[nH]c3ccc(F)cc13)O2. The van der Waals surface area contributed by atoms with Crippen LogP contribution in [0.25, 0.3) is 10.9 Å². The van der Waals surface area contributed by atoms with Crippen molar-refractivity contribution in [1.29, 1.82) is 0 Å². The first kappa shape index (κ1) is 17.5. The number of halogens is 2. The average Bonchev–Trinajstić information content (AvgIpc) is 3.04. The molecule has 0 bridgehead atoms. The van der Waals surface area contributed by atoms with Gasteiger partial charge in [0.1, 0.15) is 5.82 Å². The van der Waals surface area contributed by atoms with E-state index < -0.39 is 11.7 Å². The summed E-state index contributed by atoms with van der Waals surface area (Å²) in [6.07, 6.45) is 3.26. The van der Waals surface area contributed by atoms with Crippen molar-refractivity contribution >= 4 is 16.8 Å². The predicted octanol–water partition coefficient (Wildman–Crippen LogP) is 3.03. The van der Waals surface area contributed by atoms with Crippen LogP contribution in [0.3, 0.4) is 0 Å². The third-order valence-corrected chi connectivity index (χ3v) is 4.89. The van der Waals surface area contributed by atoms with Crippen LogP contribution in [0, 0.1) is 11.6 Å². The number of hydrogen-bond acceptors (Lipinski definition) is 3. The first-order valence-electron chi connectivity index (χ1n) is 8.79. The summed E-state index contributed by atoms with van der Waals surface area (Å²) in [5.41, 5.74) is 8.05. The van der Waals surface area contributed by atoms with Crippen LogP contribution in [-0.4, -0.2) is 23.7 Å². The van der Waals surface area contributed by atoms with E-state index in [0.717, 1.165) is 16.5 Å². The average molecular weight is 371 g/mol. The molecule has 1 atom stereocenters. The first-order chi connectivity index (χ1) is 13.0. The molecule has 140 valence electrons. The number of nitrogens with one attached hydrogen (secondary N) is 2. The second-order valence-corrected chi connectivity index (χ2v) is 6.62. The fraction of sp³-hybridized carbons (Fsp3) is 0.250. The Bertz CT molecular complexity index is 1020. The van der Waals surface area contributed by atoms with Crippen LogP contribution in [0.15, 0.2) is 36.5 Å². The fourth-order valence-electron chi connectivity index (χ4n) is 3.55. The molecule has 27 heavy (non-hydrogen) atoms. The molecule has 1 amide bonds. The molecule has 0 radical (unpaired) electrons. The van der Waals surface area contributed by atoms with Crippen LogP contribution in [-0.2, 0) is 12.8 Å². The van der Waals surface area contributed by atoms with Crippen LogP contribution in [0.2, 0.25) is 0 Å². The van der Waals surface area contributed by atoms with Crippen molar-refractivity contribution in [2.24, 2.45) is 5.73 Å². The topological polar surface area (TPSA) is 80.1 Å². The molecular formula is C20H19F2N3O2. The summed E-state index contributed by atoms with van der Waals surface area (Å²) >= 11 is 0.